The molecular formula is C29H38O7. The van der Waals surface area contributed by atoms with Crippen LogP contribution in [0.2, 0.25) is 0 Å². The molecule has 7 heteroatoms. The van der Waals surface area contributed by atoms with Crippen molar-refractivity contribution in [2.24, 2.45) is 11.8 Å². The third-order valence-corrected chi connectivity index (χ3v) is 7.93. The van der Waals surface area contributed by atoms with Crippen LogP contribution in [-0.4, -0.2) is 49.9 Å². The molecule has 0 radical (unpaired) electrons. The second kappa shape index (κ2) is 11.3. The van der Waals surface area contributed by atoms with Gasteiger partial charge >= 0.3 is 0 Å². The first-order chi connectivity index (χ1) is 17.6. The minimum absolute atomic E-state index is 0.219. The topological polar surface area (TPSA) is 86.6 Å². The summed E-state index contributed by atoms with van der Waals surface area (Å²) in [7, 11) is 3.28. The largest absolute Gasteiger partial charge is 0.497 e. The van der Waals surface area contributed by atoms with Gasteiger partial charge in [-0.1, -0.05) is 6.42 Å². The molecule has 2 N–H and O–H groups in total. The quantitative estimate of drug-likeness (QED) is 0.496. The molecule has 5 rings (SSSR count). The molecule has 5 atom stereocenters. The van der Waals surface area contributed by atoms with E-state index in [2.05, 4.69) is 0 Å². The van der Waals surface area contributed by atoms with Crippen LogP contribution in [0.1, 0.15) is 68.3 Å². The van der Waals surface area contributed by atoms with Gasteiger partial charge < -0.3 is 33.9 Å². The molecule has 0 saturated heterocycles. The highest BCUT2D eigenvalue weighted by Crippen LogP contribution is 2.50. The smallest absolute Gasteiger partial charge is 0.125 e. The lowest BCUT2D eigenvalue weighted by Gasteiger charge is -2.44. The highest BCUT2D eigenvalue weighted by Gasteiger charge is 2.47. The van der Waals surface area contributed by atoms with Crippen LogP contribution in [0.25, 0.3) is 0 Å². The molecule has 3 aliphatic rings. The Labute approximate surface area is 213 Å². The predicted molar refractivity (Wildman–Crippen MR) is 135 cm³/mol. The van der Waals surface area contributed by atoms with Crippen molar-refractivity contribution in [2.45, 2.75) is 69.4 Å². The molecule has 0 bridgehead atoms. The Morgan fingerprint density at radius 3 is 2.39 bits per heavy atom. The third-order valence-electron chi connectivity index (χ3n) is 7.93. The number of aliphatic hydroxyl groups excluding tert-OH is 2. The number of fused-ring (bicyclic) bond motifs is 2. The molecule has 2 heterocycles. The summed E-state index contributed by atoms with van der Waals surface area (Å²) in [5.41, 5.74) is 1.38. The van der Waals surface area contributed by atoms with Crippen molar-refractivity contribution in [3.63, 3.8) is 0 Å². The van der Waals surface area contributed by atoms with Crippen LogP contribution in [0.4, 0.5) is 0 Å². The van der Waals surface area contributed by atoms with E-state index < -0.39 is 12.2 Å². The Morgan fingerprint density at radius 1 is 0.889 bits per heavy atom. The Bertz CT molecular complexity index is 1020. The second-order valence-electron chi connectivity index (χ2n) is 10.2. The monoisotopic (exact) mass is 498 g/mol. The molecule has 0 unspecified atom stereocenters. The van der Waals surface area contributed by atoms with Crippen molar-refractivity contribution < 1.29 is 33.9 Å². The molecule has 36 heavy (non-hydrogen) atoms. The fourth-order valence-corrected chi connectivity index (χ4v) is 6.00. The van der Waals surface area contributed by atoms with E-state index in [1.54, 1.807) is 14.2 Å². The van der Waals surface area contributed by atoms with Crippen molar-refractivity contribution in [3.8, 4) is 23.0 Å². The highest BCUT2D eigenvalue weighted by atomic mass is 16.5. The molecule has 196 valence electrons. The molecule has 0 spiro atoms. The molecule has 7 nitrogen and oxygen atoms in total. The third kappa shape index (κ3) is 5.15. The van der Waals surface area contributed by atoms with Crippen molar-refractivity contribution in [1.82, 2.24) is 0 Å². The first kappa shape index (κ1) is 25.2. The second-order valence-corrected chi connectivity index (χ2v) is 10.2. The summed E-state index contributed by atoms with van der Waals surface area (Å²) >= 11 is 0. The molecule has 0 aromatic heterocycles. The van der Waals surface area contributed by atoms with Crippen LogP contribution >= 0.6 is 0 Å². The Balaban J connectivity index is 1.43. The fourth-order valence-electron chi connectivity index (χ4n) is 6.00. The minimum Gasteiger partial charge on any atom is -0.497 e. The fraction of sp³-hybridized carbons (Fsp3) is 0.586. The molecule has 2 aromatic rings. The van der Waals surface area contributed by atoms with Gasteiger partial charge in [0.2, 0.25) is 0 Å². The molecule has 1 saturated carbocycles. The van der Waals surface area contributed by atoms with Crippen molar-refractivity contribution in [1.29, 1.82) is 0 Å². The molecule has 0 amide bonds. The Hall–Kier alpha value is -2.48. The average molecular weight is 499 g/mol. The van der Waals surface area contributed by atoms with Gasteiger partial charge in [0.25, 0.3) is 0 Å². The first-order valence-electron chi connectivity index (χ1n) is 13.2. The van der Waals surface area contributed by atoms with Gasteiger partial charge in [0, 0.05) is 36.7 Å². The van der Waals surface area contributed by atoms with Crippen LogP contribution < -0.4 is 18.9 Å². The normalized spacial score (nSPS) is 27.8. The first-order valence-corrected chi connectivity index (χ1v) is 13.2. The van der Waals surface area contributed by atoms with Gasteiger partial charge in [-0.25, -0.2) is 0 Å². The van der Waals surface area contributed by atoms with E-state index in [1.807, 2.05) is 36.4 Å². The van der Waals surface area contributed by atoms with Crippen LogP contribution in [0.5, 0.6) is 23.0 Å². The van der Waals surface area contributed by atoms with Gasteiger partial charge in [-0.3, -0.25) is 0 Å². The van der Waals surface area contributed by atoms with Gasteiger partial charge in [-0.15, -0.1) is 0 Å². The number of ether oxygens (including phenoxy) is 5. The maximum absolute atomic E-state index is 11.7. The van der Waals surface area contributed by atoms with E-state index in [0.29, 0.717) is 48.0 Å². The maximum Gasteiger partial charge on any atom is 0.125 e. The Morgan fingerprint density at radius 2 is 1.61 bits per heavy atom. The lowest BCUT2D eigenvalue weighted by molar-refractivity contribution is -0.0888. The number of benzene rings is 2. The van der Waals surface area contributed by atoms with E-state index in [1.165, 1.54) is 19.3 Å². The molecule has 1 fully saturated rings. The van der Waals surface area contributed by atoms with Crippen LogP contribution in [0.3, 0.4) is 0 Å². The van der Waals surface area contributed by atoms with E-state index in [-0.39, 0.29) is 24.0 Å². The van der Waals surface area contributed by atoms with E-state index in [0.717, 1.165) is 25.0 Å². The van der Waals surface area contributed by atoms with E-state index in [4.69, 9.17) is 23.7 Å². The van der Waals surface area contributed by atoms with E-state index >= 15 is 0 Å². The van der Waals surface area contributed by atoms with Crippen molar-refractivity contribution in [3.05, 3.63) is 47.5 Å². The number of methoxy groups -OCH3 is 2. The maximum atomic E-state index is 11.7. The van der Waals surface area contributed by atoms with Crippen LogP contribution in [0.15, 0.2) is 36.4 Å². The van der Waals surface area contributed by atoms with Crippen molar-refractivity contribution >= 4 is 0 Å². The van der Waals surface area contributed by atoms with Crippen LogP contribution in [0, 0.1) is 11.8 Å². The summed E-state index contributed by atoms with van der Waals surface area (Å²) in [6.45, 7) is 0.896. The summed E-state index contributed by atoms with van der Waals surface area (Å²) in [5, 5.41) is 23.2. The van der Waals surface area contributed by atoms with Gasteiger partial charge in [-0.05, 0) is 74.9 Å². The van der Waals surface area contributed by atoms with Crippen LogP contribution in [-0.2, 0) is 4.74 Å². The number of hydrogen-bond acceptors (Lipinski definition) is 7. The summed E-state index contributed by atoms with van der Waals surface area (Å²) in [4.78, 5) is 0. The predicted octanol–water partition coefficient (Wildman–Crippen LogP) is 4.99. The van der Waals surface area contributed by atoms with Gasteiger partial charge in [0.15, 0.2) is 0 Å². The van der Waals surface area contributed by atoms with Gasteiger partial charge in [0.05, 0.1) is 32.0 Å². The molecule has 1 aliphatic carbocycles. The zero-order chi connectivity index (χ0) is 25.1. The lowest BCUT2D eigenvalue weighted by Crippen LogP contribution is -2.46. The minimum atomic E-state index is -0.827. The Kier molecular flexibility index (Phi) is 7.89. The zero-order valence-corrected chi connectivity index (χ0v) is 21.2. The summed E-state index contributed by atoms with van der Waals surface area (Å²) in [6.07, 6.45) is 5.55. The molecule has 2 aliphatic heterocycles. The number of aliphatic hydroxyl groups is 2. The highest BCUT2D eigenvalue weighted by molar-refractivity contribution is 5.46. The average Bonchev–Trinajstić information content (AvgIpc) is 2.91. The van der Waals surface area contributed by atoms with Crippen molar-refractivity contribution in [2.75, 3.05) is 27.4 Å². The van der Waals surface area contributed by atoms with Gasteiger partial charge in [-0.2, -0.15) is 0 Å². The molecule has 2 aromatic carbocycles. The molecular weight excluding hydrogens is 460 g/mol. The standard InChI is InChI=1S/C29H38O7/c1-32-14-6-9-26-27(23-17-34-24-12-10-19(33-2)15-21(24)28(23)30)29(31)22-16-20(11-13-25(22)36-26)35-18-7-4-3-5-8-18/h10-13,15-16,18,23,26-31H,3-9,14,17H2,1-2H3/t23-,26+,27-,28-,29+/m1/s1. The zero-order valence-electron chi connectivity index (χ0n) is 21.2. The lowest BCUT2D eigenvalue weighted by atomic mass is 9.73. The number of rotatable bonds is 8. The van der Waals surface area contributed by atoms with E-state index in [9.17, 15) is 10.2 Å². The summed E-state index contributed by atoms with van der Waals surface area (Å²) in [6, 6.07) is 11.2. The number of hydrogen-bond donors (Lipinski definition) is 2. The summed E-state index contributed by atoms with van der Waals surface area (Å²) in [5.74, 6) is 2.01. The summed E-state index contributed by atoms with van der Waals surface area (Å²) < 4.78 is 29.5. The SMILES string of the molecule is COCCC[C@@H]1Oc2ccc(OC3CCCCC3)cc2[C@H](O)[C@@H]1[C@H]1COc2ccc(OC)cc2[C@H]1O. The van der Waals surface area contributed by atoms with Gasteiger partial charge in [0.1, 0.15) is 29.1 Å².